The second-order valence-electron chi connectivity index (χ2n) is 6.29. The lowest BCUT2D eigenvalue weighted by Crippen LogP contribution is -2.36. The summed E-state index contributed by atoms with van der Waals surface area (Å²) in [6, 6.07) is 19.5. The molecule has 0 N–H and O–H groups in total. The van der Waals surface area contributed by atoms with Crippen molar-refractivity contribution in [2.24, 2.45) is 0 Å². The Morgan fingerprint density at radius 3 is 1.78 bits per heavy atom. The third-order valence-electron chi connectivity index (χ3n) is 3.31. The van der Waals surface area contributed by atoms with Crippen molar-refractivity contribution < 1.29 is 9.53 Å². The molecule has 0 bridgehead atoms. The van der Waals surface area contributed by atoms with Crippen molar-refractivity contribution in [2.75, 3.05) is 0 Å². The van der Waals surface area contributed by atoms with Crippen molar-refractivity contribution in [3.05, 3.63) is 84.6 Å². The minimum atomic E-state index is -0.559. The summed E-state index contributed by atoms with van der Waals surface area (Å²) < 4.78 is 5.53. The lowest BCUT2D eigenvalue weighted by molar-refractivity contribution is 0.0292. The molecule has 3 heteroatoms. The molecule has 0 heterocycles. The highest BCUT2D eigenvalue weighted by molar-refractivity contribution is 5.71. The predicted molar refractivity (Wildman–Crippen MR) is 93.0 cm³/mol. The Bertz CT molecular complexity index is 605. The van der Waals surface area contributed by atoms with E-state index in [9.17, 15) is 4.79 Å². The van der Waals surface area contributed by atoms with Crippen molar-refractivity contribution in [3.63, 3.8) is 0 Å². The van der Waals surface area contributed by atoms with Crippen molar-refractivity contribution in [1.82, 2.24) is 4.90 Å². The second-order valence-corrected chi connectivity index (χ2v) is 6.29. The number of ether oxygens (including phenoxy) is 1. The highest BCUT2D eigenvalue weighted by Gasteiger charge is 2.28. The number of hydrogen-bond donors (Lipinski definition) is 0. The van der Waals surface area contributed by atoms with Gasteiger partial charge in [-0.3, -0.25) is 4.90 Å². The van der Waals surface area contributed by atoms with Crippen LogP contribution in [-0.2, 0) is 4.74 Å². The predicted octanol–water partition coefficient (Wildman–Crippen LogP) is 5.16. The molecule has 23 heavy (non-hydrogen) atoms. The number of amides is 1. The van der Waals surface area contributed by atoms with Gasteiger partial charge in [-0.15, -0.1) is 0 Å². The fourth-order valence-electron chi connectivity index (χ4n) is 2.38. The van der Waals surface area contributed by atoms with Crippen molar-refractivity contribution in [2.45, 2.75) is 32.4 Å². The largest absolute Gasteiger partial charge is 0.443 e. The van der Waals surface area contributed by atoms with Gasteiger partial charge in [0.2, 0.25) is 0 Å². The number of carbonyl (C=O) groups excluding carboxylic acids is 1. The smallest absolute Gasteiger partial charge is 0.415 e. The van der Waals surface area contributed by atoms with Crippen LogP contribution in [0.2, 0.25) is 0 Å². The Morgan fingerprint density at radius 1 is 1.00 bits per heavy atom. The van der Waals surface area contributed by atoms with Crippen LogP contribution in [0.5, 0.6) is 0 Å². The van der Waals surface area contributed by atoms with E-state index in [2.05, 4.69) is 6.58 Å². The Labute approximate surface area is 138 Å². The first-order valence-corrected chi connectivity index (χ1v) is 7.66. The third-order valence-corrected chi connectivity index (χ3v) is 3.31. The van der Waals surface area contributed by atoms with Crippen LogP contribution in [0.25, 0.3) is 0 Å². The monoisotopic (exact) mass is 309 g/mol. The first-order valence-electron chi connectivity index (χ1n) is 7.66. The van der Waals surface area contributed by atoms with E-state index in [4.69, 9.17) is 4.74 Å². The zero-order valence-corrected chi connectivity index (χ0v) is 13.9. The van der Waals surface area contributed by atoms with Crippen LogP contribution in [0.4, 0.5) is 4.79 Å². The molecule has 0 spiro atoms. The van der Waals surface area contributed by atoms with E-state index in [1.54, 1.807) is 0 Å². The van der Waals surface area contributed by atoms with Crippen LogP contribution in [-0.4, -0.2) is 16.6 Å². The van der Waals surface area contributed by atoms with Gasteiger partial charge in [0.05, 0.1) is 6.04 Å². The van der Waals surface area contributed by atoms with Crippen molar-refractivity contribution in [3.8, 4) is 0 Å². The maximum absolute atomic E-state index is 12.6. The summed E-state index contributed by atoms with van der Waals surface area (Å²) in [4.78, 5) is 14.1. The SMILES string of the molecule is C=CN(C(=O)OC(C)(C)C)C(c1ccccc1)c1ccccc1. The molecule has 3 nitrogen and oxygen atoms in total. The lowest BCUT2D eigenvalue weighted by Gasteiger charge is -2.31. The fraction of sp³-hybridized carbons (Fsp3) is 0.250. The highest BCUT2D eigenvalue weighted by Crippen LogP contribution is 2.30. The molecule has 2 aromatic rings. The average Bonchev–Trinajstić information content (AvgIpc) is 2.52. The standard InChI is InChI=1S/C20H23NO2/c1-5-21(19(22)23-20(2,3)4)18(16-12-8-6-9-13-16)17-14-10-7-11-15-17/h5-15,18H,1H2,2-4H3. The molecule has 0 unspecified atom stereocenters. The van der Waals surface area contributed by atoms with Crippen LogP contribution in [0.3, 0.4) is 0 Å². The number of rotatable bonds is 4. The minimum Gasteiger partial charge on any atom is -0.443 e. The molecule has 0 saturated heterocycles. The van der Waals surface area contributed by atoms with Gasteiger partial charge in [-0.05, 0) is 31.9 Å². The van der Waals surface area contributed by atoms with Crippen molar-refractivity contribution >= 4 is 6.09 Å². The van der Waals surface area contributed by atoms with E-state index in [-0.39, 0.29) is 6.04 Å². The highest BCUT2D eigenvalue weighted by atomic mass is 16.6. The van der Waals surface area contributed by atoms with E-state index in [1.165, 1.54) is 11.1 Å². The Kier molecular flexibility index (Phi) is 5.22. The summed E-state index contributed by atoms with van der Waals surface area (Å²) in [6.07, 6.45) is 1.11. The summed E-state index contributed by atoms with van der Waals surface area (Å²) in [6.45, 7) is 9.37. The number of nitrogens with zero attached hydrogens (tertiary/aromatic N) is 1. The van der Waals surface area contributed by atoms with Gasteiger partial charge in [0, 0.05) is 6.20 Å². The molecule has 120 valence electrons. The minimum absolute atomic E-state index is 0.273. The molecule has 2 aromatic carbocycles. The van der Waals surface area contributed by atoms with Gasteiger partial charge in [0.1, 0.15) is 5.60 Å². The van der Waals surface area contributed by atoms with Gasteiger partial charge < -0.3 is 4.74 Å². The molecule has 0 fully saturated rings. The quantitative estimate of drug-likeness (QED) is 0.781. The zero-order valence-electron chi connectivity index (χ0n) is 13.9. The molecule has 0 aliphatic heterocycles. The van der Waals surface area contributed by atoms with E-state index in [0.29, 0.717) is 0 Å². The molecule has 0 aliphatic carbocycles. The molecule has 0 aliphatic rings. The van der Waals surface area contributed by atoms with Crippen molar-refractivity contribution in [1.29, 1.82) is 0 Å². The molecule has 1 amide bonds. The van der Waals surface area contributed by atoms with E-state index < -0.39 is 11.7 Å². The third kappa shape index (κ3) is 4.46. The number of hydrogen-bond acceptors (Lipinski definition) is 2. The fourth-order valence-corrected chi connectivity index (χ4v) is 2.38. The van der Waals surface area contributed by atoms with Gasteiger partial charge in [-0.2, -0.15) is 0 Å². The molecule has 0 atom stereocenters. The van der Waals surface area contributed by atoms with Gasteiger partial charge in [-0.25, -0.2) is 4.79 Å². The molecular formula is C20H23NO2. The average molecular weight is 309 g/mol. The Morgan fingerprint density at radius 2 is 1.43 bits per heavy atom. The Balaban J connectivity index is 2.44. The Hall–Kier alpha value is -2.55. The van der Waals surface area contributed by atoms with E-state index in [1.807, 2.05) is 81.4 Å². The van der Waals surface area contributed by atoms with Gasteiger partial charge in [0.25, 0.3) is 0 Å². The topological polar surface area (TPSA) is 29.5 Å². The van der Waals surface area contributed by atoms with Gasteiger partial charge >= 0.3 is 6.09 Å². The first kappa shape index (κ1) is 16.8. The maximum Gasteiger partial charge on any atom is 0.415 e. The lowest BCUT2D eigenvalue weighted by atomic mass is 9.97. The summed E-state index contributed by atoms with van der Waals surface area (Å²) in [7, 11) is 0. The zero-order chi connectivity index (χ0) is 16.9. The van der Waals surface area contributed by atoms with Crippen LogP contribution < -0.4 is 0 Å². The molecule has 0 aromatic heterocycles. The van der Waals surface area contributed by atoms with Gasteiger partial charge in [0.15, 0.2) is 0 Å². The maximum atomic E-state index is 12.6. The molecular weight excluding hydrogens is 286 g/mol. The molecule has 2 rings (SSSR count). The van der Waals surface area contributed by atoms with Gasteiger partial charge in [-0.1, -0.05) is 67.2 Å². The summed E-state index contributed by atoms with van der Waals surface area (Å²) >= 11 is 0. The summed E-state index contributed by atoms with van der Waals surface area (Å²) in [5, 5.41) is 0. The van der Waals surface area contributed by atoms with E-state index >= 15 is 0 Å². The van der Waals surface area contributed by atoms with Crippen LogP contribution in [0.1, 0.15) is 37.9 Å². The normalized spacial score (nSPS) is 11.1. The van der Waals surface area contributed by atoms with E-state index in [0.717, 1.165) is 11.1 Å². The van der Waals surface area contributed by atoms with Crippen LogP contribution in [0, 0.1) is 0 Å². The summed E-state index contributed by atoms with van der Waals surface area (Å²) in [5.41, 5.74) is 1.45. The van der Waals surface area contributed by atoms with Crippen LogP contribution in [0.15, 0.2) is 73.4 Å². The number of carbonyl (C=O) groups is 1. The number of benzene rings is 2. The summed E-state index contributed by atoms with van der Waals surface area (Å²) in [5.74, 6) is 0. The molecule has 0 radical (unpaired) electrons. The molecule has 0 saturated carbocycles. The second kappa shape index (κ2) is 7.14. The first-order chi connectivity index (χ1) is 10.9. The van der Waals surface area contributed by atoms with Crippen LogP contribution >= 0.6 is 0 Å².